The number of halogens is 1. The van der Waals surface area contributed by atoms with Crippen molar-refractivity contribution in [3.05, 3.63) is 29.2 Å². The molecule has 23 heavy (non-hydrogen) atoms. The molecule has 3 rings (SSSR count). The summed E-state index contributed by atoms with van der Waals surface area (Å²) in [6.07, 6.45) is 3.73. The fraction of sp³-hybridized carbons (Fsp3) is 0.538. The molecule has 1 atom stereocenters. The predicted molar refractivity (Wildman–Crippen MR) is 88.9 cm³/mol. The quantitative estimate of drug-likeness (QED) is 0.825. The minimum absolute atomic E-state index is 0. The van der Waals surface area contributed by atoms with Crippen LogP contribution in [0.4, 0.5) is 0 Å². The van der Waals surface area contributed by atoms with Crippen LogP contribution in [0.1, 0.15) is 50.4 Å². The van der Waals surface area contributed by atoms with Gasteiger partial charge in [-0.25, -0.2) is 8.42 Å². The number of hydrogen-bond acceptors (Lipinski definition) is 7. The van der Waals surface area contributed by atoms with Gasteiger partial charge >= 0.3 is 0 Å². The summed E-state index contributed by atoms with van der Waals surface area (Å²) in [4.78, 5) is 4.30. The third-order valence-electron chi connectivity index (χ3n) is 3.85. The highest BCUT2D eigenvalue weighted by Crippen LogP contribution is 2.35. The molecule has 0 saturated heterocycles. The molecular weight excluding hydrogens is 360 g/mol. The van der Waals surface area contributed by atoms with Crippen molar-refractivity contribution in [3.63, 3.8) is 0 Å². The minimum atomic E-state index is -3.58. The Hall–Kier alpha value is -1.00. The maximum absolute atomic E-state index is 12.2. The van der Waals surface area contributed by atoms with Gasteiger partial charge in [0.05, 0.1) is 11.6 Å². The highest BCUT2D eigenvalue weighted by Gasteiger charge is 2.36. The molecule has 1 aliphatic rings. The Labute approximate surface area is 145 Å². The number of sulfonamides is 1. The van der Waals surface area contributed by atoms with E-state index >= 15 is 0 Å². The maximum Gasteiger partial charge on any atom is 0.250 e. The zero-order valence-corrected chi connectivity index (χ0v) is 15.0. The molecule has 1 saturated carbocycles. The zero-order valence-electron chi connectivity index (χ0n) is 12.6. The summed E-state index contributed by atoms with van der Waals surface area (Å²) < 4.78 is 32.4. The van der Waals surface area contributed by atoms with Gasteiger partial charge in [-0.1, -0.05) is 24.1 Å². The van der Waals surface area contributed by atoms with Crippen molar-refractivity contribution >= 4 is 33.8 Å². The molecule has 0 amide bonds. The molecule has 2 aromatic rings. The second-order valence-electron chi connectivity index (χ2n) is 5.59. The molecular formula is C13H19ClN4O3S2. The molecule has 2 aromatic heterocycles. The Bertz CT molecular complexity index is 739. The van der Waals surface area contributed by atoms with Crippen LogP contribution in [-0.2, 0) is 15.6 Å². The SMILES string of the molecule is CC(NS(=O)(=O)c1cccs1)c1nc(C2(N)CCCC2)no1.Cl. The zero-order chi connectivity index (χ0) is 15.8. The summed E-state index contributed by atoms with van der Waals surface area (Å²) in [5.41, 5.74) is 5.73. The van der Waals surface area contributed by atoms with E-state index in [1.54, 1.807) is 24.4 Å². The van der Waals surface area contributed by atoms with E-state index in [9.17, 15) is 8.42 Å². The Morgan fingerprint density at radius 2 is 2.13 bits per heavy atom. The molecule has 3 N–H and O–H groups in total. The lowest BCUT2D eigenvalue weighted by atomic mass is 9.99. The molecule has 7 nitrogen and oxygen atoms in total. The molecule has 2 heterocycles. The van der Waals surface area contributed by atoms with Gasteiger partial charge in [0.2, 0.25) is 5.89 Å². The molecule has 0 aromatic carbocycles. The monoisotopic (exact) mass is 378 g/mol. The average molecular weight is 379 g/mol. The van der Waals surface area contributed by atoms with E-state index in [1.807, 2.05) is 0 Å². The molecule has 10 heteroatoms. The van der Waals surface area contributed by atoms with Crippen molar-refractivity contribution in [2.45, 2.75) is 48.4 Å². The van der Waals surface area contributed by atoms with E-state index in [2.05, 4.69) is 14.9 Å². The van der Waals surface area contributed by atoms with E-state index < -0.39 is 21.6 Å². The maximum atomic E-state index is 12.2. The van der Waals surface area contributed by atoms with Gasteiger partial charge in [-0.15, -0.1) is 23.7 Å². The second kappa shape index (κ2) is 6.86. The molecule has 1 aliphatic carbocycles. The lowest BCUT2D eigenvalue weighted by molar-refractivity contribution is 0.333. The number of nitrogens with two attached hydrogens (primary N) is 1. The molecule has 128 valence electrons. The third kappa shape index (κ3) is 3.74. The van der Waals surface area contributed by atoms with Crippen LogP contribution >= 0.6 is 23.7 Å². The van der Waals surface area contributed by atoms with Crippen molar-refractivity contribution in [2.24, 2.45) is 5.73 Å². The standard InChI is InChI=1S/C13H18N4O3S2.ClH/c1-9(17-22(18,19)10-5-4-8-21-10)11-15-12(16-20-11)13(14)6-2-3-7-13;/h4-5,8-9,17H,2-3,6-7,14H2,1H3;1H. The summed E-state index contributed by atoms with van der Waals surface area (Å²) in [5, 5.41) is 5.65. The van der Waals surface area contributed by atoms with Gasteiger partial charge in [-0.3, -0.25) is 0 Å². The molecule has 1 fully saturated rings. The Morgan fingerprint density at radius 1 is 1.43 bits per heavy atom. The molecule has 1 unspecified atom stereocenters. The number of thiophene rings is 1. The number of aromatic nitrogens is 2. The van der Waals surface area contributed by atoms with Gasteiger partial charge in [0.15, 0.2) is 5.82 Å². The number of hydrogen-bond donors (Lipinski definition) is 2. The van der Waals surface area contributed by atoms with Gasteiger partial charge < -0.3 is 10.3 Å². The van der Waals surface area contributed by atoms with Crippen LogP contribution in [0.3, 0.4) is 0 Å². The van der Waals surface area contributed by atoms with Crippen molar-refractivity contribution in [3.8, 4) is 0 Å². The van der Waals surface area contributed by atoms with Crippen LogP contribution in [0.25, 0.3) is 0 Å². The largest absolute Gasteiger partial charge is 0.338 e. The van der Waals surface area contributed by atoms with Crippen LogP contribution in [0.15, 0.2) is 26.2 Å². The molecule has 0 radical (unpaired) electrons. The second-order valence-corrected chi connectivity index (χ2v) is 8.48. The summed E-state index contributed by atoms with van der Waals surface area (Å²) >= 11 is 1.15. The van der Waals surface area contributed by atoms with Crippen LogP contribution in [0, 0.1) is 0 Å². The fourth-order valence-electron chi connectivity index (χ4n) is 2.60. The molecule has 0 bridgehead atoms. The van der Waals surface area contributed by atoms with Crippen LogP contribution in [0.5, 0.6) is 0 Å². The Balaban J connectivity index is 0.00000192. The summed E-state index contributed by atoms with van der Waals surface area (Å²) in [6, 6.07) is 2.62. The summed E-state index contributed by atoms with van der Waals surface area (Å²) in [6.45, 7) is 1.67. The minimum Gasteiger partial charge on any atom is -0.338 e. The fourth-order valence-corrected chi connectivity index (χ4v) is 4.81. The van der Waals surface area contributed by atoms with Crippen molar-refractivity contribution in [2.75, 3.05) is 0 Å². The predicted octanol–water partition coefficient (Wildman–Crippen LogP) is 2.32. The number of nitrogens with zero attached hydrogens (tertiary/aromatic N) is 2. The smallest absolute Gasteiger partial charge is 0.250 e. The lowest BCUT2D eigenvalue weighted by Crippen LogP contribution is -2.34. The van der Waals surface area contributed by atoms with Crippen LogP contribution in [-0.4, -0.2) is 18.6 Å². The van der Waals surface area contributed by atoms with Crippen molar-refractivity contribution in [1.29, 1.82) is 0 Å². The van der Waals surface area contributed by atoms with Gasteiger partial charge in [0.1, 0.15) is 4.21 Å². The Kier molecular flexibility index (Phi) is 5.47. The van der Waals surface area contributed by atoms with E-state index in [0.29, 0.717) is 5.82 Å². The van der Waals surface area contributed by atoms with E-state index in [-0.39, 0.29) is 22.5 Å². The van der Waals surface area contributed by atoms with Gasteiger partial charge in [-0.05, 0) is 31.2 Å². The van der Waals surface area contributed by atoms with Crippen molar-refractivity contribution < 1.29 is 12.9 Å². The van der Waals surface area contributed by atoms with Gasteiger partial charge in [0.25, 0.3) is 10.0 Å². The number of nitrogens with one attached hydrogen (secondary N) is 1. The van der Waals surface area contributed by atoms with Gasteiger partial charge in [-0.2, -0.15) is 9.71 Å². The van der Waals surface area contributed by atoms with Gasteiger partial charge in [0, 0.05) is 0 Å². The normalized spacial score (nSPS) is 18.5. The summed E-state index contributed by atoms with van der Waals surface area (Å²) in [5.74, 6) is 0.689. The number of rotatable bonds is 5. The van der Waals surface area contributed by atoms with Crippen molar-refractivity contribution in [1.82, 2.24) is 14.9 Å². The lowest BCUT2D eigenvalue weighted by Gasteiger charge is -2.17. The van der Waals surface area contributed by atoms with E-state index in [4.69, 9.17) is 10.3 Å². The third-order valence-corrected chi connectivity index (χ3v) is 6.78. The van der Waals surface area contributed by atoms with E-state index in [0.717, 1.165) is 37.0 Å². The molecule has 0 spiro atoms. The first-order valence-electron chi connectivity index (χ1n) is 7.09. The first-order chi connectivity index (χ1) is 10.4. The van der Waals surface area contributed by atoms with E-state index in [1.165, 1.54) is 0 Å². The first kappa shape index (κ1) is 18.3. The van der Waals surface area contributed by atoms with Crippen LogP contribution < -0.4 is 10.5 Å². The first-order valence-corrected chi connectivity index (χ1v) is 9.46. The topological polar surface area (TPSA) is 111 Å². The highest BCUT2D eigenvalue weighted by atomic mass is 35.5. The highest BCUT2D eigenvalue weighted by molar-refractivity contribution is 7.91. The molecule has 0 aliphatic heterocycles. The summed E-state index contributed by atoms with van der Waals surface area (Å²) in [7, 11) is -3.58. The van der Waals surface area contributed by atoms with Crippen LogP contribution in [0.2, 0.25) is 0 Å². The average Bonchev–Trinajstić information content (AvgIpc) is 3.20. The Morgan fingerprint density at radius 3 is 2.74 bits per heavy atom.